The monoisotopic (exact) mass is 350 g/mol. The topological polar surface area (TPSA) is 46.3 Å². The lowest BCUT2D eigenvalue weighted by atomic mass is 9.99. The first kappa shape index (κ1) is 18.6. The Kier molecular flexibility index (Phi) is 7.28. The van der Waals surface area contributed by atoms with Crippen LogP contribution in [0.4, 0.5) is 0 Å². The number of hydrogen-bond donors (Lipinski definition) is 1. The van der Waals surface area contributed by atoms with Crippen LogP contribution in [0.5, 0.6) is 0 Å². The van der Waals surface area contributed by atoms with Gasteiger partial charge >= 0.3 is 0 Å². The normalized spacial score (nSPS) is 19.2. The number of carbonyl (C=O) groups excluding carboxylic acids is 1. The summed E-state index contributed by atoms with van der Waals surface area (Å²) in [6, 6.07) is 5.61. The SMILES string of the molecule is CC(Cc1ccc(Cl)cc1Cl)C(=O)N1CCCC1CN.Cl. The molecule has 0 spiro atoms. The fourth-order valence-electron chi connectivity index (χ4n) is 2.76. The highest BCUT2D eigenvalue weighted by Crippen LogP contribution is 2.25. The molecule has 21 heavy (non-hydrogen) atoms. The van der Waals surface area contributed by atoms with Gasteiger partial charge in [-0.1, -0.05) is 36.2 Å². The molecule has 2 unspecified atom stereocenters. The third-order valence-corrected chi connectivity index (χ3v) is 4.48. The number of nitrogens with two attached hydrogens (primary N) is 1. The average Bonchev–Trinajstić information content (AvgIpc) is 2.89. The van der Waals surface area contributed by atoms with E-state index in [0.717, 1.165) is 24.9 Å². The highest BCUT2D eigenvalue weighted by molar-refractivity contribution is 6.35. The molecule has 1 aromatic carbocycles. The van der Waals surface area contributed by atoms with Gasteiger partial charge in [-0.2, -0.15) is 0 Å². The van der Waals surface area contributed by atoms with Gasteiger partial charge < -0.3 is 10.6 Å². The molecule has 0 aromatic heterocycles. The van der Waals surface area contributed by atoms with Gasteiger partial charge in [0.15, 0.2) is 0 Å². The van der Waals surface area contributed by atoms with E-state index in [9.17, 15) is 4.79 Å². The van der Waals surface area contributed by atoms with E-state index >= 15 is 0 Å². The van der Waals surface area contributed by atoms with Gasteiger partial charge in [0, 0.05) is 35.1 Å². The largest absolute Gasteiger partial charge is 0.338 e. The molecule has 1 amide bonds. The lowest BCUT2D eigenvalue weighted by molar-refractivity contribution is -0.135. The summed E-state index contributed by atoms with van der Waals surface area (Å²) in [7, 11) is 0. The summed E-state index contributed by atoms with van der Waals surface area (Å²) < 4.78 is 0. The zero-order valence-electron chi connectivity index (χ0n) is 12.0. The molecule has 1 aliphatic rings. The molecule has 1 aromatic rings. The fraction of sp³-hybridized carbons (Fsp3) is 0.533. The summed E-state index contributed by atoms with van der Waals surface area (Å²) >= 11 is 12.0. The highest BCUT2D eigenvalue weighted by atomic mass is 35.5. The molecular formula is C15H21Cl3N2O. The molecule has 3 nitrogen and oxygen atoms in total. The minimum atomic E-state index is -0.0965. The maximum Gasteiger partial charge on any atom is 0.226 e. The van der Waals surface area contributed by atoms with Gasteiger partial charge in [-0.05, 0) is 37.0 Å². The van der Waals surface area contributed by atoms with Gasteiger partial charge in [0.2, 0.25) is 5.91 Å². The molecule has 2 N–H and O–H groups in total. The maximum atomic E-state index is 12.5. The number of nitrogens with zero attached hydrogens (tertiary/aromatic N) is 1. The number of rotatable bonds is 4. The Morgan fingerprint density at radius 1 is 1.48 bits per heavy atom. The lowest BCUT2D eigenvalue weighted by Gasteiger charge is -2.26. The van der Waals surface area contributed by atoms with E-state index in [0.29, 0.717) is 23.0 Å². The predicted octanol–water partition coefficient (Wildman–Crippen LogP) is 3.54. The van der Waals surface area contributed by atoms with Crippen molar-refractivity contribution in [3.8, 4) is 0 Å². The second-order valence-corrected chi connectivity index (χ2v) is 6.25. The average molecular weight is 352 g/mol. The summed E-state index contributed by atoms with van der Waals surface area (Å²) in [6.45, 7) is 3.30. The van der Waals surface area contributed by atoms with Crippen molar-refractivity contribution in [1.82, 2.24) is 4.90 Å². The van der Waals surface area contributed by atoms with E-state index in [-0.39, 0.29) is 30.3 Å². The van der Waals surface area contributed by atoms with Gasteiger partial charge in [0.1, 0.15) is 0 Å². The van der Waals surface area contributed by atoms with Crippen LogP contribution in [-0.4, -0.2) is 29.9 Å². The second-order valence-electron chi connectivity index (χ2n) is 5.40. The van der Waals surface area contributed by atoms with Crippen molar-refractivity contribution >= 4 is 41.5 Å². The van der Waals surface area contributed by atoms with Gasteiger partial charge in [-0.15, -0.1) is 12.4 Å². The minimum absolute atomic E-state index is 0. The molecule has 6 heteroatoms. The molecule has 0 bridgehead atoms. The Morgan fingerprint density at radius 3 is 2.81 bits per heavy atom. The first-order chi connectivity index (χ1) is 9.52. The molecule has 2 rings (SSSR count). The fourth-order valence-corrected chi connectivity index (χ4v) is 3.24. The van der Waals surface area contributed by atoms with Crippen LogP contribution in [0.1, 0.15) is 25.3 Å². The molecule has 0 saturated carbocycles. The summed E-state index contributed by atoms with van der Waals surface area (Å²) in [5, 5.41) is 1.23. The lowest BCUT2D eigenvalue weighted by Crippen LogP contribution is -2.42. The zero-order chi connectivity index (χ0) is 14.7. The van der Waals surface area contributed by atoms with Crippen LogP contribution in [-0.2, 0) is 11.2 Å². The van der Waals surface area contributed by atoms with Crippen molar-refractivity contribution in [1.29, 1.82) is 0 Å². The van der Waals surface area contributed by atoms with Crippen LogP contribution in [0.15, 0.2) is 18.2 Å². The maximum absolute atomic E-state index is 12.5. The summed E-state index contributed by atoms with van der Waals surface area (Å²) in [5.74, 6) is 0.0739. The van der Waals surface area contributed by atoms with Crippen LogP contribution in [0.3, 0.4) is 0 Å². The third-order valence-electron chi connectivity index (χ3n) is 3.90. The van der Waals surface area contributed by atoms with Crippen molar-refractivity contribution in [3.63, 3.8) is 0 Å². The minimum Gasteiger partial charge on any atom is -0.338 e. The first-order valence-electron chi connectivity index (χ1n) is 6.97. The first-order valence-corrected chi connectivity index (χ1v) is 7.73. The molecule has 1 fully saturated rings. The molecular weight excluding hydrogens is 331 g/mol. The van der Waals surface area contributed by atoms with Gasteiger partial charge in [0.05, 0.1) is 0 Å². The molecule has 1 heterocycles. The molecule has 0 aliphatic carbocycles. The van der Waals surface area contributed by atoms with E-state index < -0.39 is 0 Å². The Hall–Kier alpha value is -0.480. The van der Waals surface area contributed by atoms with Crippen LogP contribution in [0.2, 0.25) is 10.0 Å². The number of carbonyl (C=O) groups is 1. The Bertz CT molecular complexity index is 496. The number of hydrogen-bond acceptors (Lipinski definition) is 2. The molecule has 118 valence electrons. The van der Waals surface area contributed by atoms with Crippen molar-refractivity contribution in [2.75, 3.05) is 13.1 Å². The summed E-state index contributed by atoms with van der Waals surface area (Å²) in [5.41, 5.74) is 6.68. The smallest absolute Gasteiger partial charge is 0.226 e. The molecule has 0 radical (unpaired) electrons. The van der Waals surface area contributed by atoms with Crippen molar-refractivity contribution in [3.05, 3.63) is 33.8 Å². The molecule has 1 saturated heterocycles. The molecule has 1 aliphatic heterocycles. The van der Waals surface area contributed by atoms with Crippen LogP contribution < -0.4 is 5.73 Å². The summed E-state index contributed by atoms with van der Waals surface area (Å²) in [6.07, 6.45) is 2.68. The third kappa shape index (κ3) is 4.49. The molecule has 2 atom stereocenters. The highest BCUT2D eigenvalue weighted by Gasteiger charge is 2.30. The van der Waals surface area contributed by atoms with Crippen LogP contribution in [0.25, 0.3) is 0 Å². The predicted molar refractivity (Wildman–Crippen MR) is 90.4 cm³/mol. The second kappa shape index (κ2) is 8.23. The van der Waals surface area contributed by atoms with Crippen molar-refractivity contribution in [2.45, 2.75) is 32.2 Å². The van der Waals surface area contributed by atoms with E-state index in [1.165, 1.54) is 0 Å². The Balaban J connectivity index is 0.00000220. The number of likely N-dealkylation sites (tertiary alicyclic amines) is 1. The van der Waals surface area contributed by atoms with Gasteiger partial charge in [-0.25, -0.2) is 0 Å². The van der Waals surface area contributed by atoms with E-state index in [4.69, 9.17) is 28.9 Å². The summed E-state index contributed by atoms with van der Waals surface area (Å²) in [4.78, 5) is 14.4. The van der Waals surface area contributed by atoms with Crippen LogP contribution in [0, 0.1) is 5.92 Å². The zero-order valence-corrected chi connectivity index (χ0v) is 14.3. The standard InChI is InChI=1S/C15H20Cl2N2O.ClH/c1-10(7-11-4-5-12(16)8-14(11)17)15(20)19-6-2-3-13(19)9-18;/h4-5,8,10,13H,2-3,6-7,9,18H2,1H3;1H. The number of halogens is 3. The van der Waals surface area contributed by atoms with E-state index in [1.54, 1.807) is 12.1 Å². The quantitative estimate of drug-likeness (QED) is 0.902. The van der Waals surface area contributed by atoms with E-state index in [1.807, 2.05) is 17.9 Å². The van der Waals surface area contributed by atoms with Gasteiger partial charge in [-0.3, -0.25) is 4.79 Å². The van der Waals surface area contributed by atoms with Crippen LogP contribution >= 0.6 is 35.6 Å². The van der Waals surface area contributed by atoms with Crippen molar-refractivity contribution < 1.29 is 4.79 Å². The van der Waals surface area contributed by atoms with Crippen molar-refractivity contribution in [2.24, 2.45) is 11.7 Å². The number of benzene rings is 1. The van der Waals surface area contributed by atoms with E-state index in [2.05, 4.69) is 0 Å². The Labute approximate surface area is 142 Å². The number of amides is 1. The Morgan fingerprint density at radius 2 is 2.19 bits per heavy atom. The van der Waals surface area contributed by atoms with Gasteiger partial charge in [0.25, 0.3) is 0 Å².